The highest BCUT2D eigenvalue weighted by atomic mass is 16.7. The molecule has 1 aromatic rings. The van der Waals surface area contributed by atoms with Gasteiger partial charge in [-0.05, 0) is 37.8 Å². The Morgan fingerprint density at radius 3 is 2.48 bits per heavy atom. The smallest absolute Gasteiger partial charge is 0.450 e. The minimum absolute atomic E-state index is 0.127. The normalized spacial score (nSPS) is 24.6. The fraction of sp³-hybridized carbons (Fsp3) is 0.650. The van der Waals surface area contributed by atoms with E-state index < -0.39 is 6.16 Å². The number of rotatable bonds is 5. The number of ether oxygens (including phenoxy) is 2. The van der Waals surface area contributed by atoms with E-state index in [2.05, 4.69) is 14.8 Å². The summed E-state index contributed by atoms with van der Waals surface area (Å²) in [7, 11) is 0. The van der Waals surface area contributed by atoms with E-state index in [9.17, 15) is 9.59 Å². The van der Waals surface area contributed by atoms with Gasteiger partial charge >= 0.3 is 12.2 Å². The molecule has 0 bridgehead atoms. The first-order chi connectivity index (χ1) is 14.1. The molecule has 3 aliphatic heterocycles. The zero-order valence-corrected chi connectivity index (χ0v) is 16.5. The third kappa shape index (κ3) is 4.90. The summed E-state index contributed by atoms with van der Waals surface area (Å²) in [6.07, 6.45) is 5.08. The van der Waals surface area contributed by atoms with Crippen molar-refractivity contribution in [3.05, 3.63) is 24.5 Å². The molecule has 29 heavy (non-hydrogen) atoms. The lowest BCUT2D eigenvalue weighted by atomic mass is 10.0. The first-order valence-electron chi connectivity index (χ1n) is 10.3. The molecule has 3 aliphatic rings. The van der Waals surface area contributed by atoms with Crippen molar-refractivity contribution >= 4 is 17.9 Å². The van der Waals surface area contributed by atoms with Gasteiger partial charge in [-0.15, -0.1) is 0 Å². The Bertz CT molecular complexity index is 702. The van der Waals surface area contributed by atoms with Crippen molar-refractivity contribution in [3.8, 4) is 0 Å². The number of carboxylic acid groups (broad SMARTS) is 1. The number of amides is 1. The lowest BCUT2D eigenvalue weighted by molar-refractivity contribution is 0.0125. The summed E-state index contributed by atoms with van der Waals surface area (Å²) >= 11 is 0. The van der Waals surface area contributed by atoms with Crippen molar-refractivity contribution in [1.29, 1.82) is 0 Å². The molecule has 3 fully saturated rings. The number of carbonyl (C=O) groups excluding carboxylic acids is 1. The molecular formula is C20H28N4O5. The van der Waals surface area contributed by atoms with Crippen LogP contribution in [0, 0.1) is 0 Å². The summed E-state index contributed by atoms with van der Waals surface area (Å²) in [5.41, 5.74) is 1.18. The molecule has 0 spiro atoms. The molecule has 0 aliphatic carbocycles. The van der Waals surface area contributed by atoms with Crippen molar-refractivity contribution in [2.45, 2.75) is 43.9 Å². The number of aromatic nitrogens is 1. The molecular weight excluding hydrogens is 376 g/mol. The summed E-state index contributed by atoms with van der Waals surface area (Å²) in [6, 6.07) is 4.26. The first kappa shape index (κ1) is 19.8. The third-order valence-electron chi connectivity index (χ3n) is 6.10. The number of carbonyl (C=O) groups is 2. The summed E-state index contributed by atoms with van der Waals surface area (Å²) in [4.78, 5) is 33.6. The van der Waals surface area contributed by atoms with Crippen LogP contribution in [0.1, 0.15) is 25.7 Å². The fourth-order valence-electron chi connectivity index (χ4n) is 4.57. The topological polar surface area (TPSA) is 95.4 Å². The van der Waals surface area contributed by atoms with E-state index in [1.807, 2.05) is 17.0 Å². The minimum Gasteiger partial charge on any atom is -0.450 e. The van der Waals surface area contributed by atoms with Gasteiger partial charge in [0.2, 0.25) is 0 Å². The van der Waals surface area contributed by atoms with Crippen LogP contribution in [0.25, 0.3) is 0 Å². The van der Waals surface area contributed by atoms with E-state index >= 15 is 0 Å². The average molecular weight is 404 g/mol. The fourth-order valence-corrected chi connectivity index (χ4v) is 4.57. The predicted octanol–water partition coefficient (Wildman–Crippen LogP) is 2.03. The van der Waals surface area contributed by atoms with E-state index in [4.69, 9.17) is 14.6 Å². The number of hydrogen-bond acceptors (Lipinski definition) is 7. The van der Waals surface area contributed by atoms with Crippen molar-refractivity contribution in [1.82, 2.24) is 14.8 Å². The monoisotopic (exact) mass is 404 g/mol. The van der Waals surface area contributed by atoms with Gasteiger partial charge in [0.1, 0.15) is 12.2 Å². The Labute approximate surface area is 170 Å². The van der Waals surface area contributed by atoms with Crippen molar-refractivity contribution < 1.29 is 24.2 Å². The highest BCUT2D eigenvalue weighted by molar-refractivity contribution is 5.70. The van der Waals surface area contributed by atoms with Crippen LogP contribution in [0.5, 0.6) is 0 Å². The maximum Gasteiger partial charge on any atom is 0.506 e. The number of cyclic esters (lactones) is 1. The van der Waals surface area contributed by atoms with Crippen LogP contribution in [0.15, 0.2) is 24.5 Å². The van der Waals surface area contributed by atoms with Gasteiger partial charge in [0.15, 0.2) is 0 Å². The van der Waals surface area contributed by atoms with E-state index in [1.54, 1.807) is 12.4 Å². The number of nitrogens with zero attached hydrogens (tertiary/aromatic N) is 4. The van der Waals surface area contributed by atoms with Gasteiger partial charge in [-0.2, -0.15) is 0 Å². The van der Waals surface area contributed by atoms with Crippen LogP contribution in [-0.2, 0) is 9.47 Å². The molecule has 4 rings (SSSR count). The van der Waals surface area contributed by atoms with Gasteiger partial charge in [-0.3, -0.25) is 9.88 Å². The Morgan fingerprint density at radius 1 is 1.14 bits per heavy atom. The SMILES string of the molecule is O=C(O)OC1CCN(CC2CN(C3CCN(c4ccncc4)CC3)C(=O)O2)CC1. The molecule has 0 saturated carbocycles. The van der Waals surface area contributed by atoms with Crippen LogP contribution in [0.2, 0.25) is 0 Å². The van der Waals surface area contributed by atoms with Gasteiger partial charge in [0.25, 0.3) is 0 Å². The van der Waals surface area contributed by atoms with Gasteiger partial charge < -0.3 is 24.4 Å². The van der Waals surface area contributed by atoms with Crippen LogP contribution in [0.4, 0.5) is 15.3 Å². The van der Waals surface area contributed by atoms with Gasteiger partial charge in [0.05, 0.1) is 6.54 Å². The van der Waals surface area contributed by atoms with Gasteiger partial charge in [-0.25, -0.2) is 9.59 Å². The highest BCUT2D eigenvalue weighted by Gasteiger charge is 2.38. The van der Waals surface area contributed by atoms with Crippen LogP contribution >= 0.6 is 0 Å². The van der Waals surface area contributed by atoms with Gasteiger partial charge in [-0.1, -0.05) is 0 Å². The second kappa shape index (κ2) is 8.86. The lowest BCUT2D eigenvalue weighted by Crippen LogP contribution is -2.46. The quantitative estimate of drug-likeness (QED) is 0.745. The van der Waals surface area contributed by atoms with E-state index in [0.29, 0.717) is 25.9 Å². The second-order valence-corrected chi connectivity index (χ2v) is 7.97. The van der Waals surface area contributed by atoms with Crippen molar-refractivity contribution in [2.75, 3.05) is 44.2 Å². The molecule has 1 atom stereocenters. The molecule has 3 saturated heterocycles. The average Bonchev–Trinajstić information content (AvgIpc) is 3.10. The van der Waals surface area contributed by atoms with Crippen molar-refractivity contribution in [3.63, 3.8) is 0 Å². The van der Waals surface area contributed by atoms with E-state index in [-0.39, 0.29) is 24.3 Å². The standard InChI is InChI=1S/C20H28N4O5/c25-19-24(16-3-11-23(12-4-16)15-1-7-21-8-2-15)14-18(28-19)13-22-9-5-17(6-10-22)29-20(26)27/h1-2,7-8,16-18H,3-6,9-14H2,(H,26,27). The molecule has 1 unspecified atom stereocenters. The molecule has 4 heterocycles. The summed E-state index contributed by atoms with van der Waals surface area (Å²) in [6.45, 7) is 4.68. The van der Waals surface area contributed by atoms with Gasteiger partial charge in [0, 0.05) is 56.8 Å². The maximum absolute atomic E-state index is 12.4. The Hall–Kier alpha value is -2.55. The molecule has 1 amide bonds. The van der Waals surface area contributed by atoms with E-state index in [0.717, 1.165) is 39.0 Å². The third-order valence-corrected chi connectivity index (χ3v) is 6.10. The summed E-state index contributed by atoms with van der Waals surface area (Å²) < 4.78 is 10.5. The number of anilines is 1. The summed E-state index contributed by atoms with van der Waals surface area (Å²) in [5.74, 6) is 0. The zero-order chi connectivity index (χ0) is 20.2. The molecule has 0 aromatic carbocycles. The molecule has 9 nitrogen and oxygen atoms in total. The van der Waals surface area contributed by atoms with Crippen LogP contribution in [0.3, 0.4) is 0 Å². The van der Waals surface area contributed by atoms with Crippen LogP contribution in [-0.4, -0.2) is 89.7 Å². The number of hydrogen-bond donors (Lipinski definition) is 1. The second-order valence-electron chi connectivity index (χ2n) is 7.97. The zero-order valence-electron chi connectivity index (χ0n) is 16.5. The lowest BCUT2D eigenvalue weighted by Gasteiger charge is -2.37. The highest BCUT2D eigenvalue weighted by Crippen LogP contribution is 2.26. The van der Waals surface area contributed by atoms with E-state index in [1.165, 1.54) is 5.69 Å². The first-order valence-corrected chi connectivity index (χ1v) is 10.3. The number of pyridine rings is 1. The predicted molar refractivity (Wildman–Crippen MR) is 105 cm³/mol. The Morgan fingerprint density at radius 2 is 1.83 bits per heavy atom. The maximum atomic E-state index is 12.4. The van der Waals surface area contributed by atoms with Crippen molar-refractivity contribution in [2.24, 2.45) is 0 Å². The molecule has 158 valence electrons. The molecule has 1 N–H and O–H groups in total. The minimum atomic E-state index is -1.21. The molecule has 0 radical (unpaired) electrons. The number of piperidine rings is 2. The van der Waals surface area contributed by atoms with Crippen LogP contribution < -0.4 is 4.90 Å². The largest absolute Gasteiger partial charge is 0.506 e. The Kier molecular flexibility index (Phi) is 6.03. The Balaban J connectivity index is 1.22. The molecule has 9 heteroatoms. The molecule has 1 aromatic heterocycles. The summed E-state index contributed by atoms with van der Waals surface area (Å²) in [5, 5.41) is 8.72. The number of likely N-dealkylation sites (tertiary alicyclic amines) is 1.